The van der Waals surface area contributed by atoms with E-state index < -0.39 is 17.3 Å². The molecule has 26 heavy (non-hydrogen) atoms. The normalized spacial score (nSPS) is 29.7. The minimum absolute atomic E-state index is 0.105. The first-order chi connectivity index (χ1) is 12.5. The lowest BCUT2D eigenvalue weighted by Crippen LogP contribution is -3.11. The van der Waals surface area contributed by atoms with Crippen molar-refractivity contribution in [2.75, 3.05) is 6.54 Å². The SMILES string of the molecule is CC(C)[NH+]1C=C2C(C#N)C(=N)C(C#N)(C#N)[C@@H](c3cccnc3)[C@@H]2CC1. The van der Waals surface area contributed by atoms with Gasteiger partial charge in [0.15, 0.2) is 5.41 Å². The first-order valence-electron chi connectivity index (χ1n) is 8.78. The average molecular weight is 345 g/mol. The molecule has 0 radical (unpaired) electrons. The van der Waals surface area contributed by atoms with Crippen LogP contribution in [-0.4, -0.2) is 23.3 Å². The molecule has 0 aromatic carbocycles. The lowest BCUT2D eigenvalue weighted by Gasteiger charge is -2.46. The van der Waals surface area contributed by atoms with Gasteiger partial charge in [0.25, 0.3) is 0 Å². The molecule has 1 aliphatic carbocycles. The van der Waals surface area contributed by atoms with Crippen molar-refractivity contribution in [3.63, 3.8) is 0 Å². The summed E-state index contributed by atoms with van der Waals surface area (Å²) in [5, 5.41) is 38.2. The number of hydrogen-bond acceptors (Lipinski definition) is 5. The highest BCUT2D eigenvalue weighted by Gasteiger charge is 2.58. The molecule has 1 aromatic rings. The lowest BCUT2D eigenvalue weighted by molar-refractivity contribution is -0.873. The third-order valence-electron chi connectivity index (χ3n) is 5.71. The smallest absolute Gasteiger partial charge is 0.189 e. The van der Waals surface area contributed by atoms with Crippen LogP contribution in [0.1, 0.15) is 31.7 Å². The fraction of sp³-hybridized carbons (Fsp3) is 0.450. The maximum Gasteiger partial charge on any atom is 0.189 e. The summed E-state index contributed by atoms with van der Waals surface area (Å²) in [6, 6.07) is 10.4. The Kier molecular flexibility index (Phi) is 4.60. The Hall–Kier alpha value is -3.01. The zero-order chi connectivity index (χ0) is 18.9. The number of nitrogens with zero attached hydrogens (tertiary/aromatic N) is 4. The van der Waals surface area contributed by atoms with Gasteiger partial charge in [-0.3, -0.25) is 4.98 Å². The van der Waals surface area contributed by atoms with E-state index in [2.05, 4.69) is 43.2 Å². The van der Waals surface area contributed by atoms with Crippen LogP contribution in [0.25, 0.3) is 0 Å². The molecule has 2 heterocycles. The summed E-state index contributed by atoms with van der Waals surface area (Å²) in [6.45, 7) is 5.12. The Morgan fingerprint density at radius 2 is 2.04 bits per heavy atom. The van der Waals surface area contributed by atoms with Crippen LogP contribution < -0.4 is 4.90 Å². The van der Waals surface area contributed by atoms with Gasteiger partial charge in [-0.1, -0.05) is 6.07 Å². The molecule has 6 nitrogen and oxygen atoms in total. The van der Waals surface area contributed by atoms with Crippen LogP contribution in [0, 0.1) is 56.7 Å². The second-order valence-corrected chi connectivity index (χ2v) is 7.29. The second kappa shape index (κ2) is 6.71. The Bertz CT molecular complexity index is 850. The molecule has 130 valence electrons. The van der Waals surface area contributed by atoms with Crippen LogP contribution in [0.4, 0.5) is 0 Å². The van der Waals surface area contributed by atoms with E-state index in [0.717, 1.165) is 24.1 Å². The highest BCUT2D eigenvalue weighted by molar-refractivity contribution is 6.00. The van der Waals surface area contributed by atoms with Gasteiger partial charge in [-0.25, -0.2) is 0 Å². The van der Waals surface area contributed by atoms with Gasteiger partial charge in [0, 0.05) is 36.2 Å². The molecule has 0 spiro atoms. The first kappa shape index (κ1) is 17.8. The zero-order valence-electron chi connectivity index (χ0n) is 14.9. The molecule has 2 N–H and O–H groups in total. The largest absolute Gasteiger partial charge is 0.307 e. The molecular formula is C20H21N6+. The van der Waals surface area contributed by atoms with Crippen molar-refractivity contribution in [2.45, 2.75) is 32.2 Å². The first-order valence-corrected chi connectivity index (χ1v) is 8.78. The molecule has 2 aliphatic rings. The number of aromatic nitrogens is 1. The maximum atomic E-state index is 9.92. The van der Waals surface area contributed by atoms with Gasteiger partial charge in [0.1, 0.15) is 5.92 Å². The zero-order valence-corrected chi connectivity index (χ0v) is 14.9. The van der Waals surface area contributed by atoms with Gasteiger partial charge >= 0.3 is 0 Å². The quantitative estimate of drug-likeness (QED) is 0.847. The highest BCUT2D eigenvalue weighted by atomic mass is 15.1. The van der Waals surface area contributed by atoms with Crippen molar-refractivity contribution < 1.29 is 4.90 Å². The summed E-state index contributed by atoms with van der Waals surface area (Å²) in [6.07, 6.45) is 6.16. The van der Waals surface area contributed by atoms with Crippen molar-refractivity contribution in [1.82, 2.24) is 4.98 Å². The summed E-state index contributed by atoms with van der Waals surface area (Å²) in [4.78, 5) is 5.42. The second-order valence-electron chi connectivity index (χ2n) is 7.29. The standard InChI is InChI=1S/C20H20N6/c1-13(2)26-7-5-15-17(10-26)16(8-21)19(24)20(11-22,12-23)18(15)14-4-3-6-25-9-14/h3-4,6,9-10,13,15-16,18,24H,5,7H2,1-2H3/p+1/t15-,16?,18+/m1/s1. The maximum absolute atomic E-state index is 9.92. The van der Waals surface area contributed by atoms with E-state index in [-0.39, 0.29) is 11.6 Å². The number of pyridine rings is 1. The summed E-state index contributed by atoms with van der Waals surface area (Å²) in [5.41, 5.74) is -0.0877. The molecule has 0 amide bonds. The monoisotopic (exact) mass is 345 g/mol. The summed E-state index contributed by atoms with van der Waals surface area (Å²) in [7, 11) is 0. The summed E-state index contributed by atoms with van der Waals surface area (Å²) in [5.74, 6) is -1.41. The van der Waals surface area contributed by atoms with Crippen LogP contribution in [-0.2, 0) is 0 Å². The Morgan fingerprint density at radius 1 is 1.31 bits per heavy atom. The molecule has 1 aromatic heterocycles. The van der Waals surface area contributed by atoms with Crippen molar-refractivity contribution in [1.29, 1.82) is 21.2 Å². The fourth-order valence-electron chi connectivity index (χ4n) is 4.32. The molecular weight excluding hydrogens is 324 g/mol. The van der Waals surface area contributed by atoms with Gasteiger partial charge in [0.2, 0.25) is 0 Å². The molecule has 4 atom stereocenters. The Labute approximate surface area is 153 Å². The molecule has 1 aliphatic heterocycles. The van der Waals surface area contributed by atoms with Crippen molar-refractivity contribution in [3.05, 3.63) is 41.9 Å². The predicted molar refractivity (Wildman–Crippen MR) is 94.6 cm³/mol. The summed E-state index contributed by atoms with van der Waals surface area (Å²) < 4.78 is 0. The molecule has 0 bridgehead atoms. The number of hydrogen-bond donors (Lipinski definition) is 2. The van der Waals surface area contributed by atoms with Crippen LogP contribution in [0.15, 0.2) is 36.3 Å². The molecule has 2 unspecified atom stereocenters. The Balaban J connectivity index is 2.23. The third kappa shape index (κ3) is 2.49. The summed E-state index contributed by atoms with van der Waals surface area (Å²) >= 11 is 0. The van der Waals surface area contributed by atoms with Gasteiger partial charge in [-0.2, -0.15) is 15.8 Å². The van der Waals surface area contributed by atoms with E-state index in [4.69, 9.17) is 5.41 Å². The van der Waals surface area contributed by atoms with Gasteiger partial charge in [0.05, 0.1) is 42.7 Å². The number of allylic oxidation sites excluding steroid dienone is 1. The lowest BCUT2D eigenvalue weighted by atomic mass is 9.54. The number of nitriles is 3. The van der Waals surface area contributed by atoms with Crippen LogP contribution in [0.2, 0.25) is 0 Å². The Morgan fingerprint density at radius 3 is 2.58 bits per heavy atom. The molecule has 0 saturated heterocycles. The molecule has 3 rings (SSSR count). The number of nitrogens with one attached hydrogen (secondary N) is 2. The van der Waals surface area contributed by atoms with Gasteiger partial charge in [-0.15, -0.1) is 0 Å². The van der Waals surface area contributed by atoms with E-state index in [9.17, 15) is 15.8 Å². The predicted octanol–water partition coefficient (Wildman–Crippen LogP) is 1.57. The topological polar surface area (TPSA) is 113 Å². The van der Waals surface area contributed by atoms with E-state index in [1.54, 1.807) is 18.5 Å². The van der Waals surface area contributed by atoms with Crippen molar-refractivity contribution >= 4 is 5.71 Å². The third-order valence-corrected chi connectivity index (χ3v) is 5.71. The number of rotatable bonds is 2. The van der Waals surface area contributed by atoms with Crippen LogP contribution >= 0.6 is 0 Å². The molecule has 6 heteroatoms. The number of quaternary nitrogens is 1. The average Bonchev–Trinajstić information content (AvgIpc) is 2.67. The minimum Gasteiger partial charge on any atom is -0.307 e. The van der Waals surface area contributed by atoms with Crippen molar-refractivity contribution in [2.24, 2.45) is 17.3 Å². The fourth-order valence-corrected chi connectivity index (χ4v) is 4.32. The van der Waals surface area contributed by atoms with Crippen LogP contribution in [0.5, 0.6) is 0 Å². The number of fused-ring (bicyclic) bond motifs is 1. The minimum atomic E-state index is -1.64. The molecule has 1 fully saturated rings. The van der Waals surface area contributed by atoms with Gasteiger partial charge in [-0.05, 0) is 25.5 Å². The van der Waals surface area contributed by atoms with Gasteiger partial charge < -0.3 is 10.3 Å². The molecule has 1 saturated carbocycles. The van der Waals surface area contributed by atoms with Crippen molar-refractivity contribution in [3.8, 4) is 18.2 Å². The van der Waals surface area contributed by atoms with E-state index in [1.165, 1.54) is 4.90 Å². The van der Waals surface area contributed by atoms with Crippen LogP contribution in [0.3, 0.4) is 0 Å². The van der Waals surface area contributed by atoms with E-state index in [1.807, 2.05) is 6.07 Å². The van der Waals surface area contributed by atoms with E-state index in [0.29, 0.717) is 6.04 Å². The highest BCUT2D eigenvalue weighted by Crippen LogP contribution is 2.53. The van der Waals surface area contributed by atoms with E-state index >= 15 is 0 Å².